The Balaban J connectivity index is 1.91. The minimum absolute atomic E-state index is 0.0172. The van der Waals surface area contributed by atoms with Gasteiger partial charge in [-0.3, -0.25) is 4.79 Å². The molecule has 0 unspecified atom stereocenters. The fourth-order valence-corrected chi connectivity index (χ4v) is 4.59. The summed E-state index contributed by atoms with van der Waals surface area (Å²) in [5, 5.41) is 12.3. The van der Waals surface area contributed by atoms with E-state index in [-0.39, 0.29) is 22.8 Å². The molecule has 1 saturated heterocycles. The number of nitrogens with one attached hydrogen (secondary N) is 1. The zero-order chi connectivity index (χ0) is 18.0. The largest absolute Gasteiger partial charge is 0.507 e. The second-order valence-corrected chi connectivity index (χ2v) is 8.09. The molecule has 1 aromatic carbocycles. The van der Waals surface area contributed by atoms with Crippen molar-refractivity contribution in [2.45, 2.75) is 18.9 Å². The van der Waals surface area contributed by atoms with Crippen LogP contribution in [0.4, 0.5) is 0 Å². The Kier molecular flexibility index (Phi) is 5.02. The number of hydrogen-bond acceptors (Lipinski definition) is 7. The van der Waals surface area contributed by atoms with Crippen LogP contribution in [-0.2, 0) is 19.4 Å². The van der Waals surface area contributed by atoms with Crippen molar-refractivity contribution in [3.63, 3.8) is 0 Å². The normalized spacial score (nSPS) is 21.9. The molecule has 0 bridgehead atoms. The van der Waals surface area contributed by atoms with Crippen LogP contribution in [0.25, 0.3) is 0 Å². The third-order valence-corrected chi connectivity index (χ3v) is 5.61. The summed E-state index contributed by atoms with van der Waals surface area (Å²) in [6.45, 7) is 1.06. The summed E-state index contributed by atoms with van der Waals surface area (Å²) in [5.74, 6) is -1.54. The minimum atomic E-state index is -3.15. The van der Waals surface area contributed by atoms with Gasteiger partial charge in [0.25, 0.3) is 5.91 Å². The lowest BCUT2D eigenvalue weighted by Crippen LogP contribution is -2.48. The van der Waals surface area contributed by atoms with Crippen LogP contribution in [-0.4, -0.2) is 56.2 Å². The monoisotopic (exact) mass is 357 g/mol. The number of phenols is 1. The molecule has 0 aromatic heterocycles. The van der Waals surface area contributed by atoms with Gasteiger partial charge in [-0.05, 0) is 25.5 Å². The predicted molar refractivity (Wildman–Crippen MR) is 84.8 cm³/mol. The molecule has 0 saturated carbocycles. The molecule has 24 heavy (non-hydrogen) atoms. The van der Waals surface area contributed by atoms with E-state index >= 15 is 0 Å². The highest BCUT2D eigenvalue weighted by molar-refractivity contribution is 7.91. The Morgan fingerprint density at radius 1 is 1.38 bits per heavy atom. The lowest BCUT2D eigenvalue weighted by Gasteiger charge is -2.23. The predicted octanol–water partition coefficient (Wildman–Crippen LogP) is 0.251. The molecule has 1 heterocycles. The second kappa shape index (κ2) is 6.68. The molecule has 1 aliphatic rings. The highest BCUT2D eigenvalue weighted by Crippen LogP contribution is 2.24. The summed E-state index contributed by atoms with van der Waals surface area (Å²) in [5.41, 5.74) is -0.955. The van der Waals surface area contributed by atoms with E-state index in [1.807, 2.05) is 0 Å². The summed E-state index contributed by atoms with van der Waals surface area (Å²) in [6.07, 6.45) is 0.314. The molecule has 1 fully saturated rings. The summed E-state index contributed by atoms with van der Waals surface area (Å²) < 4.78 is 32.7. The van der Waals surface area contributed by atoms with E-state index in [0.717, 1.165) is 0 Å². The highest BCUT2D eigenvalue weighted by atomic mass is 32.2. The number of methoxy groups -OCH3 is 1. The molecule has 9 heteroatoms. The molecule has 2 N–H and O–H groups in total. The maximum Gasteiger partial charge on any atom is 0.342 e. The van der Waals surface area contributed by atoms with Gasteiger partial charge in [-0.2, -0.15) is 0 Å². The fraction of sp³-hybridized carbons (Fsp3) is 0.467. The van der Waals surface area contributed by atoms with Crippen LogP contribution in [0.1, 0.15) is 23.7 Å². The molecule has 1 aromatic rings. The number of carbonyl (C=O) groups excluding carboxylic acids is 2. The van der Waals surface area contributed by atoms with Crippen molar-refractivity contribution < 1.29 is 32.6 Å². The molecular formula is C15H19NO7S. The SMILES string of the molecule is COc1ccc(C(=O)OCC(=O)N[C@@]2(C)CCS(=O)(=O)C2)c(O)c1. The van der Waals surface area contributed by atoms with Gasteiger partial charge < -0.3 is 19.9 Å². The van der Waals surface area contributed by atoms with E-state index in [2.05, 4.69) is 5.32 Å². The first-order chi connectivity index (χ1) is 11.1. The molecule has 0 spiro atoms. The Morgan fingerprint density at radius 2 is 2.08 bits per heavy atom. The van der Waals surface area contributed by atoms with Crippen LogP contribution in [0.3, 0.4) is 0 Å². The lowest BCUT2D eigenvalue weighted by atomic mass is 10.0. The Labute approximate surface area is 139 Å². The van der Waals surface area contributed by atoms with Crippen molar-refractivity contribution in [2.75, 3.05) is 25.2 Å². The van der Waals surface area contributed by atoms with Crippen LogP contribution >= 0.6 is 0 Å². The van der Waals surface area contributed by atoms with Crippen molar-refractivity contribution in [2.24, 2.45) is 0 Å². The van der Waals surface area contributed by atoms with Crippen molar-refractivity contribution in [1.29, 1.82) is 0 Å². The van der Waals surface area contributed by atoms with E-state index in [1.54, 1.807) is 6.92 Å². The molecule has 1 atom stereocenters. The molecule has 132 valence electrons. The standard InChI is InChI=1S/C15H19NO7S/c1-15(5-6-24(20,21)9-15)16-13(18)8-23-14(19)11-4-3-10(22-2)7-12(11)17/h3-4,7,17H,5-6,8-9H2,1-2H3,(H,16,18)/t15-/m0/s1. The van der Waals surface area contributed by atoms with Crippen LogP contribution in [0, 0.1) is 0 Å². The molecule has 0 aliphatic carbocycles. The van der Waals surface area contributed by atoms with Gasteiger partial charge in [0.1, 0.15) is 17.1 Å². The van der Waals surface area contributed by atoms with Crippen LogP contribution in [0.15, 0.2) is 18.2 Å². The quantitative estimate of drug-likeness (QED) is 0.725. The first-order valence-electron chi connectivity index (χ1n) is 7.20. The van der Waals surface area contributed by atoms with Crippen molar-refractivity contribution in [3.8, 4) is 11.5 Å². The Bertz CT molecular complexity index is 759. The minimum Gasteiger partial charge on any atom is -0.507 e. The molecule has 2 rings (SSSR count). The summed E-state index contributed by atoms with van der Waals surface area (Å²) >= 11 is 0. The number of ether oxygens (including phenoxy) is 2. The summed E-state index contributed by atoms with van der Waals surface area (Å²) in [4.78, 5) is 23.8. The van der Waals surface area contributed by atoms with Gasteiger partial charge in [0.05, 0.1) is 24.2 Å². The third-order valence-electron chi connectivity index (χ3n) is 3.70. The van der Waals surface area contributed by atoms with Gasteiger partial charge in [0.2, 0.25) is 0 Å². The number of amides is 1. The smallest absolute Gasteiger partial charge is 0.342 e. The van der Waals surface area contributed by atoms with Gasteiger partial charge >= 0.3 is 5.97 Å². The number of carbonyl (C=O) groups is 2. The average molecular weight is 357 g/mol. The maximum atomic E-state index is 11.9. The van der Waals surface area contributed by atoms with Crippen LogP contribution in [0.2, 0.25) is 0 Å². The number of sulfone groups is 1. The van der Waals surface area contributed by atoms with Crippen molar-refractivity contribution >= 4 is 21.7 Å². The summed E-state index contributed by atoms with van der Waals surface area (Å²) in [6, 6.07) is 4.04. The van der Waals surface area contributed by atoms with E-state index < -0.39 is 33.9 Å². The topological polar surface area (TPSA) is 119 Å². The number of benzene rings is 1. The molecule has 0 radical (unpaired) electrons. The molecular weight excluding hydrogens is 338 g/mol. The number of phenolic OH excluding ortho intramolecular Hbond substituents is 1. The number of aromatic hydroxyl groups is 1. The maximum absolute atomic E-state index is 11.9. The summed E-state index contributed by atoms with van der Waals surface area (Å²) in [7, 11) is -1.74. The molecule has 1 aliphatic heterocycles. The van der Waals surface area contributed by atoms with Gasteiger partial charge in [-0.25, -0.2) is 13.2 Å². The first kappa shape index (κ1) is 18.1. The highest BCUT2D eigenvalue weighted by Gasteiger charge is 2.39. The number of esters is 1. The number of hydrogen-bond donors (Lipinski definition) is 2. The van der Waals surface area contributed by atoms with E-state index in [4.69, 9.17) is 9.47 Å². The fourth-order valence-electron chi connectivity index (χ4n) is 2.50. The van der Waals surface area contributed by atoms with Gasteiger partial charge in [0.15, 0.2) is 16.4 Å². The third kappa shape index (κ3) is 4.38. The molecule has 8 nitrogen and oxygen atoms in total. The average Bonchev–Trinajstić information content (AvgIpc) is 2.77. The second-order valence-electron chi connectivity index (χ2n) is 5.91. The Hall–Kier alpha value is -2.29. The first-order valence-corrected chi connectivity index (χ1v) is 9.02. The number of rotatable bonds is 5. The zero-order valence-corrected chi connectivity index (χ0v) is 14.2. The van der Waals surface area contributed by atoms with Crippen molar-refractivity contribution in [1.82, 2.24) is 5.32 Å². The van der Waals surface area contributed by atoms with Crippen molar-refractivity contribution in [3.05, 3.63) is 23.8 Å². The van der Waals surface area contributed by atoms with E-state index in [9.17, 15) is 23.1 Å². The van der Waals surface area contributed by atoms with Gasteiger partial charge in [-0.1, -0.05) is 0 Å². The Morgan fingerprint density at radius 3 is 2.62 bits per heavy atom. The molecule has 1 amide bonds. The van der Waals surface area contributed by atoms with Crippen LogP contribution in [0.5, 0.6) is 11.5 Å². The van der Waals surface area contributed by atoms with Crippen LogP contribution < -0.4 is 10.1 Å². The van der Waals surface area contributed by atoms with Gasteiger partial charge in [0, 0.05) is 6.07 Å². The van der Waals surface area contributed by atoms with Gasteiger partial charge in [-0.15, -0.1) is 0 Å². The lowest BCUT2D eigenvalue weighted by molar-refractivity contribution is -0.125. The van der Waals surface area contributed by atoms with E-state index in [1.165, 1.54) is 25.3 Å². The zero-order valence-electron chi connectivity index (χ0n) is 13.4. The van der Waals surface area contributed by atoms with E-state index in [0.29, 0.717) is 12.2 Å².